The molecule has 2 aromatic heterocycles. The lowest BCUT2D eigenvalue weighted by atomic mass is 10.2. The van der Waals surface area contributed by atoms with E-state index >= 15 is 0 Å². The molecule has 0 aliphatic heterocycles. The van der Waals surface area contributed by atoms with E-state index in [1.165, 1.54) is 6.07 Å². The second kappa shape index (κ2) is 3.18. The van der Waals surface area contributed by atoms with Gasteiger partial charge in [0.15, 0.2) is 5.65 Å². The largest absolute Gasteiger partial charge is 0.433 e. The SMILES string of the molecule is Cc1ccc2ccc(C(F)(F)F)nc2n1. The van der Waals surface area contributed by atoms with Gasteiger partial charge in [-0.15, -0.1) is 0 Å². The Bertz CT molecular complexity index is 505. The first-order valence-electron chi connectivity index (χ1n) is 4.28. The molecule has 0 fully saturated rings. The molecule has 2 aromatic rings. The summed E-state index contributed by atoms with van der Waals surface area (Å²) in [5, 5.41) is 0.605. The average Bonchev–Trinajstić information content (AvgIpc) is 2.15. The Labute approximate surface area is 83.8 Å². The minimum atomic E-state index is -4.42. The summed E-state index contributed by atoms with van der Waals surface area (Å²) in [5.74, 6) is 0. The number of pyridine rings is 2. The molecule has 5 heteroatoms. The molecule has 0 N–H and O–H groups in total. The fourth-order valence-corrected chi connectivity index (χ4v) is 1.25. The molecule has 0 saturated carbocycles. The van der Waals surface area contributed by atoms with Crippen molar-refractivity contribution in [3.63, 3.8) is 0 Å². The van der Waals surface area contributed by atoms with Gasteiger partial charge in [0.1, 0.15) is 5.69 Å². The number of rotatable bonds is 0. The summed E-state index contributed by atoms with van der Waals surface area (Å²) in [5.41, 5.74) is -0.132. The van der Waals surface area contributed by atoms with Crippen molar-refractivity contribution in [2.75, 3.05) is 0 Å². The Hall–Kier alpha value is -1.65. The summed E-state index contributed by atoms with van der Waals surface area (Å²) < 4.78 is 37.0. The molecule has 0 aliphatic rings. The monoisotopic (exact) mass is 212 g/mol. The fourth-order valence-electron chi connectivity index (χ4n) is 1.25. The van der Waals surface area contributed by atoms with E-state index < -0.39 is 11.9 Å². The summed E-state index contributed by atoms with van der Waals surface area (Å²) in [6, 6.07) is 5.76. The van der Waals surface area contributed by atoms with Crippen LogP contribution in [0, 0.1) is 6.92 Å². The highest BCUT2D eigenvalue weighted by atomic mass is 19.4. The van der Waals surface area contributed by atoms with Crippen LogP contribution in [0.15, 0.2) is 24.3 Å². The van der Waals surface area contributed by atoms with Gasteiger partial charge in [-0.1, -0.05) is 0 Å². The molecule has 0 radical (unpaired) electrons. The third-order valence-corrected chi connectivity index (χ3v) is 1.98. The fraction of sp³-hybridized carbons (Fsp3) is 0.200. The van der Waals surface area contributed by atoms with Crippen molar-refractivity contribution in [1.29, 1.82) is 0 Å². The third-order valence-electron chi connectivity index (χ3n) is 1.98. The van der Waals surface area contributed by atoms with Crippen LogP contribution < -0.4 is 0 Å². The summed E-state index contributed by atoms with van der Waals surface area (Å²) in [7, 11) is 0. The Kier molecular flexibility index (Phi) is 2.10. The average molecular weight is 212 g/mol. The maximum atomic E-state index is 12.3. The van der Waals surface area contributed by atoms with Crippen LogP contribution in [0.25, 0.3) is 11.0 Å². The third kappa shape index (κ3) is 1.91. The van der Waals surface area contributed by atoms with E-state index in [0.29, 0.717) is 11.1 Å². The van der Waals surface area contributed by atoms with E-state index in [-0.39, 0.29) is 5.65 Å². The normalized spacial score (nSPS) is 12.0. The van der Waals surface area contributed by atoms with Gasteiger partial charge in [-0.3, -0.25) is 0 Å². The van der Waals surface area contributed by atoms with Gasteiger partial charge in [-0.05, 0) is 31.2 Å². The van der Waals surface area contributed by atoms with Crippen LogP contribution in [0.5, 0.6) is 0 Å². The quantitative estimate of drug-likeness (QED) is 0.670. The minimum absolute atomic E-state index is 0.129. The Morgan fingerprint density at radius 2 is 1.67 bits per heavy atom. The van der Waals surface area contributed by atoms with Crippen molar-refractivity contribution in [2.24, 2.45) is 0 Å². The van der Waals surface area contributed by atoms with Crippen LogP contribution in [0.2, 0.25) is 0 Å². The first kappa shape index (κ1) is 9.89. The van der Waals surface area contributed by atoms with Crippen molar-refractivity contribution in [1.82, 2.24) is 9.97 Å². The molecule has 2 rings (SSSR count). The second-order valence-corrected chi connectivity index (χ2v) is 3.19. The highest BCUT2D eigenvalue weighted by molar-refractivity contribution is 5.74. The van der Waals surface area contributed by atoms with E-state index in [4.69, 9.17) is 0 Å². The van der Waals surface area contributed by atoms with E-state index in [1.54, 1.807) is 19.1 Å². The first-order chi connectivity index (χ1) is 6.97. The molecule has 0 unspecified atom stereocenters. The highest BCUT2D eigenvalue weighted by Crippen LogP contribution is 2.28. The van der Waals surface area contributed by atoms with E-state index in [0.717, 1.165) is 6.07 Å². The van der Waals surface area contributed by atoms with E-state index in [2.05, 4.69) is 9.97 Å². The van der Waals surface area contributed by atoms with Crippen molar-refractivity contribution in [3.05, 3.63) is 35.7 Å². The molecule has 0 bridgehead atoms. The first-order valence-corrected chi connectivity index (χ1v) is 4.28. The summed E-state index contributed by atoms with van der Waals surface area (Å²) in [4.78, 5) is 7.41. The van der Waals surface area contributed by atoms with E-state index in [9.17, 15) is 13.2 Å². The van der Waals surface area contributed by atoms with Crippen LogP contribution >= 0.6 is 0 Å². The van der Waals surface area contributed by atoms with Crippen LogP contribution in [-0.2, 0) is 6.18 Å². The number of aryl methyl sites for hydroxylation is 1. The molecular weight excluding hydrogens is 205 g/mol. The van der Waals surface area contributed by atoms with Gasteiger partial charge >= 0.3 is 6.18 Å². The zero-order valence-electron chi connectivity index (χ0n) is 7.84. The molecule has 2 heterocycles. The Morgan fingerprint density at radius 3 is 2.33 bits per heavy atom. The van der Waals surface area contributed by atoms with Crippen molar-refractivity contribution >= 4 is 11.0 Å². The van der Waals surface area contributed by atoms with Crippen LogP contribution in [0.1, 0.15) is 11.4 Å². The predicted molar refractivity (Wildman–Crippen MR) is 49.3 cm³/mol. The van der Waals surface area contributed by atoms with E-state index in [1.807, 2.05) is 0 Å². The lowest BCUT2D eigenvalue weighted by molar-refractivity contribution is -0.141. The van der Waals surface area contributed by atoms with Gasteiger partial charge in [0, 0.05) is 11.1 Å². The molecule has 2 nitrogen and oxygen atoms in total. The standard InChI is InChI=1S/C10H7F3N2/c1-6-2-3-7-4-5-8(10(11,12)13)15-9(7)14-6/h2-5H,1H3. The summed E-state index contributed by atoms with van der Waals surface area (Å²) in [6.07, 6.45) is -4.42. The lowest BCUT2D eigenvalue weighted by Crippen LogP contribution is -2.08. The summed E-state index contributed by atoms with van der Waals surface area (Å²) >= 11 is 0. The number of hydrogen-bond acceptors (Lipinski definition) is 2. The maximum absolute atomic E-state index is 12.3. The number of aromatic nitrogens is 2. The van der Waals surface area contributed by atoms with Crippen molar-refractivity contribution in [3.8, 4) is 0 Å². The number of hydrogen-bond donors (Lipinski definition) is 0. The molecule has 0 aromatic carbocycles. The van der Waals surface area contributed by atoms with Gasteiger partial charge in [-0.2, -0.15) is 13.2 Å². The van der Waals surface area contributed by atoms with Crippen molar-refractivity contribution < 1.29 is 13.2 Å². The van der Waals surface area contributed by atoms with Crippen LogP contribution in [-0.4, -0.2) is 9.97 Å². The van der Waals surface area contributed by atoms with Crippen LogP contribution in [0.4, 0.5) is 13.2 Å². The summed E-state index contributed by atoms with van der Waals surface area (Å²) in [6.45, 7) is 1.71. The zero-order valence-corrected chi connectivity index (χ0v) is 7.84. The zero-order chi connectivity index (χ0) is 11.1. The number of fused-ring (bicyclic) bond motifs is 1. The molecule has 0 atom stereocenters. The molecule has 15 heavy (non-hydrogen) atoms. The van der Waals surface area contributed by atoms with Crippen LogP contribution in [0.3, 0.4) is 0 Å². The number of alkyl halides is 3. The van der Waals surface area contributed by atoms with Gasteiger partial charge < -0.3 is 0 Å². The molecule has 0 aliphatic carbocycles. The minimum Gasteiger partial charge on any atom is -0.233 e. The second-order valence-electron chi connectivity index (χ2n) is 3.19. The molecule has 0 spiro atoms. The van der Waals surface area contributed by atoms with Gasteiger partial charge in [0.2, 0.25) is 0 Å². The molecule has 78 valence electrons. The van der Waals surface area contributed by atoms with Gasteiger partial charge in [0.25, 0.3) is 0 Å². The van der Waals surface area contributed by atoms with Crippen molar-refractivity contribution in [2.45, 2.75) is 13.1 Å². The molecular formula is C10H7F3N2. The van der Waals surface area contributed by atoms with Gasteiger partial charge in [0.05, 0.1) is 0 Å². The van der Waals surface area contributed by atoms with Gasteiger partial charge in [-0.25, -0.2) is 9.97 Å². The molecule has 0 saturated heterocycles. The highest BCUT2D eigenvalue weighted by Gasteiger charge is 2.32. The maximum Gasteiger partial charge on any atom is 0.433 e. The molecule has 0 amide bonds. The lowest BCUT2D eigenvalue weighted by Gasteiger charge is -2.06. The Morgan fingerprint density at radius 1 is 1.00 bits per heavy atom. The Balaban J connectivity index is 2.64. The predicted octanol–water partition coefficient (Wildman–Crippen LogP) is 2.96. The smallest absolute Gasteiger partial charge is 0.233 e. The number of halogens is 3. The number of nitrogens with zero attached hydrogens (tertiary/aromatic N) is 2. The topological polar surface area (TPSA) is 25.8 Å².